The number of anilines is 1. The van der Waals surface area contributed by atoms with Crippen molar-refractivity contribution in [1.29, 1.82) is 0 Å². The van der Waals surface area contributed by atoms with Crippen LogP contribution in [-0.2, 0) is 11.2 Å². The van der Waals surface area contributed by atoms with Gasteiger partial charge in [-0.05, 0) is 29.8 Å². The van der Waals surface area contributed by atoms with Crippen LogP contribution < -0.4 is 10.1 Å². The lowest BCUT2D eigenvalue weighted by Gasteiger charge is -2.26. The first-order valence-electron chi connectivity index (χ1n) is 6.17. The summed E-state index contributed by atoms with van der Waals surface area (Å²) >= 11 is 0. The van der Waals surface area contributed by atoms with Gasteiger partial charge in [0.15, 0.2) is 6.10 Å². The molecule has 0 aliphatic carbocycles. The maximum absolute atomic E-state index is 13.1. The second-order valence-corrected chi connectivity index (χ2v) is 4.61. The molecular formula is C15H12FNO3. The number of phenolic OH excluding ortho intramolecular Hbond substituents is 1. The SMILES string of the molecule is O=C1Nc2cc(O)ccc2OC1Cc1cccc(F)c1. The topological polar surface area (TPSA) is 58.6 Å². The summed E-state index contributed by atoms with van der Waals surface area (Å²) < 4.78 is 18.7. The Labute approximate surface area is 114 Å². The summed E-state index contributed by atoms with van der Waals surface area (Å²) in [5, 5.41) is 12.0. The van der Waals surface area contributed by atoms with Gasteiger partial charge in [0.25, 0.3) is 5.91 Å². The number of carbonyl (C=O) groups excluding carboxylic acids is 1. The summed E-state index contributed by atoms with van der Waals surface area (Å²) in [6.07, 6.45) is -0.432. The van der Waals surface area contributed by atoms with Crippen molar-refractivity contribution in [2.24, 2.45) is 0 Å². The molecule has 0 bridgehead atoms. The Bertz CT molecular complexity index is 672. The molecule has 5 heteroatoms. The van der Waals surface area contributed by atoms with Gasteiger partial charge in [-0.1, -0.05) is 12.1 Å². The molecule has 0 fully saturated rings. The van der Waals surface area contributed by atoms with Gasteiger partial charge in [-0.15, -0.1) is 0 Å². The zero-order valence-electron chi connectivity index (χ0n) is 10.5. The summed E-state index contributed by atoms with van der Waals surface area (Å²) in [6.45, 7) is 0. The molecule has 2 aromatic rings. The number of phenols is 1. The van der Waals surface area contributed by atoms with E-state index in [4.69, 9.17) is 4.74 Å². The number of halogens is 1. The molecule has 1 heterocycles. The van der Waals surface area contributed by atoms with Gasteiger partial charge in [0, 0.05) is 12.5 Å². The first kappa shape index (κ1) is 12.5. The third-order valence-corrected chi connectivity index (χ3v) is 3.09. The highest BCUT2D eigenvalue weighted by molar-refractivity contribution is 5.98. The van der Waals surface area contributed by atoms with Gasteiger partial charge in [-0.2, -0.15) is 0 Å². The summed E-state index contributed by atoms with van der Waals surface area (Å²) in [7, 11) is 0. The molecule has 3 rings (SSSR count). The van der Waals surface area contributed by atoms with E-state index in [0.717, 1.165) is 0 Å². The van der Waals surface area contributed by atoms with E-state index in [1.165, 1.54) is 24.3 Å². The fourth-order valence-corrected chi connectivity index (χ4v) is 2.15. The third-order valence-electron chi connectivity index (χ3n) is 3.09. The molecule has 1 aliphatic rings. The smallest absolute Gasteiger partial charge is 0.265 e. The second-order valence-electron chi connectivity index (χ2n) is 4.61. The van der Waals surface area contributed by atoms with Crippen molar-refractivity contribution in [2.75, 3.05) is 5.32 Å². The first-order chi connectivity index (χ1) is 9.61. The fraction of sp³-hybridized carbons (Fsp3) is 0.133. The van der Waals surface area contributed by atoms with Crippen LogP contribution in [-0.4, -0.2) is 17.1 Å². The van der Waals surface area contributed by atoms with E-state index in [1.807, 2.05) is 0 Å². The van der Waals surface area contributed by atoms with Crippen molar-refractivity contribution in [3.63, 3.8) is 0 Å². The molecule has 1 unspecified atom stereocenters. The first-order valence-corrected chi connectivity index (χ1v) is 6.17. The van der Waals surface area contributed by atoms with Crippen molar-refractivity contribution in [2.45, 2.75) is 12.5 Å². The lowest BCUT2D eigenvalue weighted by atomic mass is 10.1. The third kappa shape index (κ3) is 2.42. The molecule has 1 atom stereocenters. The van der Waals surface area contributed by atoms with Crippen LogP contribution in [0.2, 0.25) is 0 Å². The normalized spacial score (nSPS) is 17.1. The molecule has 102 valence electrons. The number of fused-ring (bicyclic) bond motifs is 1. The molecular weight excluding hydrogens is 261 g/mol. The Hall–Kier alpha value is -2.56. The molecule has 2 aromatic carbocycles. The van der Waals surface area contributed by atoms with Gasteiger partial charge in [-0.3, -0.25) is 4.79 Å². The van der Waals surface area contributed by atoms with Crippen LogP contribution in [0.1, 0.15) is 5.56 Å². The predicted octanol–water partition coefficient (Wildman–Crippen LogP) is 2.47. The van der Waals surface area contributed by atoms with Gasteiger partial charge in [0.1, 0.15) is 17.3 Å². The van der Waals surface area contributed by atoms with E-state index in [2.05, 4.69) is 5.32 Å². The van der Waals surface area contributed by atoms with Crippen LogP contribution in [0, 0.1) is 5.82 Å². The maximum atomic E-state index is 13.1. The van der Waals surface area contributed by atoms with Crippen molar-refractivity contribution in [1.82, 2.24) is 0 Å². The lowest BCUT2D eigenvalue weighted by Crippen LogP contribution is -2.38. The molecule has 2 N–H and O–H groups in total. The van der Waals surface area contributed by atoms with Crippen molar-refractivity contribution < 1.29 is 19.0 Å². The van der Waals surface area contributed by atoms with Crippen LogP contribution in [0.3, 0.4) is 0 Å². The Kier molecular flexibility index (Phi) is 3.02. The average molecular weight is 273 g/mol. The number of nitrogens with one attached hydrogen (secondary N) is 1. The molecule has 0 saturated carbocycles. The zero-order valence-corrected chi connectivity index (χ0v) is 10.5. The Morgan fingerprint density at radius 1 is 1.25 bits per heavy atom. The average Bonchev–Trinajstić information content (AvgIpc) is 2.40. The van der Waals surface area contributed by atoms with E-state index < -0.39 is 6.10 Å². The minimum Gasteiger partial charge on any atom is -0.508 e. The second kappa shape index (κ2) is 4.85. The molecule has 0 radical (unpaired) electrons. The molecule has 4 nitrogen and oxygen atoms in total. The van der Waals surface area contributed by atoms with Gasteiger partial charge >= 0.3 is 0 Å². The fourth-order valence-electron chi connectivity index (χ4n) is 2.15. The van der Waals surface area contributed by atoms with E-state index in [-0.39, 0.29) is 23.9 Å². The zero-order chi connectivity index (χ0) is 14.1. The molecule has 0 aromatic heterocycles. The van der Waals surface area contributed by atoms with Gasteiger partial charge in [-0.25, -0.2) is 4.39 Å². The number of aromatic hydroxyl groups is 1. The molecule has 0 saturated heterocycles. The van der Waals surface area contributed by atoms with Gasteiger partial charge in [0.05, 0.1) is 5.69 Å². The number of hydrogen-bond acceptors (Lipinski definition) is 3. The summed E-state index contributed by atoms with van der Waals surface area (Å²) in [4.78, 5) is 11.9. The van der Waals surface area contributed by atoms with Crippen molar-refractivity contribution in [3.05, 3.63) is 53.8 Å². The number of rotatable bonds is 2. The minimum absolute atomic E-state index is 0.0521. The number of carbonyl (C=O) groups is 1. The maximum Gasteiger partial charge on any atom is 0.265 e. The summed E-state index contributed by atoms with van der Waals surface area (Å²) in [5.41, 5.74) is 1.12. The lowest BCUT2D eigenvalue weighted by molar-refractivity contribution is -0.123. The van der Waals surface area contributed by atoms with Crippen LogP contribution in [0.5, 0.6) is 11.5 Å². The summed E-state index contributed by atoms with van der Waals surface area (Å²) in [5.74, 6) is -0.114. The molecule has 20 heavy (non-hydrogen) atoms. The van der Waals surface area contributed by atoms with E-state index in [1.54, 1.807) is 18.2 Å². The molecule has 0 spiro atoms. The molecule has 1 amide bonds. The monoisotopic (exact) mass is 273 g/mol. The minimum atomic E-state index is -0.714. The van der Waals surface area contributed by atoms with E-state index >= 15 is 0 Å². The van der Waals surface area contributed by atoms with Crippen LogP contribution in [0.4, 0.5) is 10.1 Å². The van der Waals surface area contributed by atoms with E-state index in [0.29, 0.717) is 17.0 Å². The standard InChI is InChI=1S/C15H12FNO3/c16-10-3-1-2-9(6-10)7-14-15(19)17-12-8-11(18)4-5-13(12)20-14/h1-6,8,14,18H,7H2,(H,17,19). The number of ether oxygens (including phenoxy) is 1. The quantitative estimate of drug-likeness (QED) is 0.883. The number of benzene rings is 2. The Morgan fingerprint density at radius 3 is 2.90 bits per heavy atom. The van der Waals surface area contributed by atoms with Crippen LogP contribution in [0.15, 0.2) is 42.5 Å². The summed E-state index contributed by atoms with van der Waals surface area (Å²) in [6, 6.07) is 10.6. The highest BCUT2D eigenvalue weighted by Crippen LogP contribution is 2.33. The highest BCUT2D eigenvalue weighted by atomic mass is 19.1. The largest absolute Gasteiger partial charge is 0.508 e. The number of amides is 1. The van der Waals surface area contributed by atoms with Crippen molar-refractivity contribution in [3.8, 4) is 11.5 Å². The van der Waals surface area contributed by atoms with Crippen LogP contribution >= 0.6 is 0 Å². The predicted molar refractivity (Wildman–Crippen MR) is 71.3 cm³/mol. The molecule has 1 aliphatic heterocycles. The van der Waals surface area contributed by atoms with Crippen LogP contribution in [0.25, 0.3) is 0 Å². The van der Waals surface area contributed by atoms with Gasteiger partial charge < -0.3 is 15.2 Å². The Morgan fingerprint density at radius 2 is 2.10 bits per heavy atom. The van der Waals surface area contributed by atoms with Gasteiger partial charge in [0.2, 0.25) is 0 Å². The highest BCUT2D eigenvalue weighted by Gasteiger charge is 2.28. The number of hydrogen-bond donors (Lipinski definition) is 2. The van der Waals surface area contributed by atoms with Crippen molar-refractivity contribution >= 4 is 11.6 Å². The van der Waals surface area contributed by atoms with E-state index in [9.17, 15) is 14.3 Å². The Balaban J connectivity index is 1.82.